The van der Waals surface area contributed by atoms with Crippen LogP contribution in [0.5, 0.6) is 5.75 Å². The zero-order valence-electron chi connectivity index (χ0n) is 17.6. The third-order valence-corrected chi connectivity index (χ3v) is 4.82. The van der Waals surface area contributed by atoms with E-state index in [1.54, 1.807) is 18.2 Å². The fourth-order valence-electron chi connectivity index (χ4n) is 3.32. The molecule has 2 aromatic rings. The summed E-state index contributed by atoms with van der Waals surface area (Å²) in [5.41, 5.74) is 0. The van der Waals surface area contributed by atoms with Crippen molar-refractivity contribution in [1.82, 2.24) is 15.6 Å². The van der Waals surface area contributed by atoms with E-state index in [4.69, 9.17) is 4.74 Å². The molecule has 30 heavy (non-hydrogen) atoms. The topological polar surface area (TPSA) is 61.8 Å². The predicted molar refractivity (Wildman–Crippen MR) is 130 cm³/mol. The number of piperidine rings is 1. The Morgan fingerprint density at radius 2 is 1.97 bits per heavy atom. The van der Waals surface area contributed by atoms with Crippen LogP contribution in [-0.4, -0.2) is 49.3 Å². The molecule has 0 saturated carbocycles. The second-order valence-corrected chi connectivity index (χ2v) is 7.17. The van der Waals surface area contributed by atoms with Crippen LogP contribution in [-0.2, 0) is 0 Å². The van der Waals surface area contributed by atoms with Crippen molar-refractivity contribution in [2.45, 2.75) is 38.8 Å². The number of nitrogens with zero attached hydrogens (tertiary/aromatic N) is 3. The van der Waals surface area contributed by atoms with Crippen molar-refractivity contribution in [3.63, 3.8) is 0 Å². The lowest BCUT2D eigenvalue weighted by Crippen LogP contribution is -2.49. The number of nitrogens with one attached hydrogen (secondary N) is 2. The number of anilines is 1. The summed E-state index contributed by atoms with van der Waals surface area (Å²) in [5.74, 6) is 1.71. The Balaban J connectivity index is 0.00000320. The van der Waals surface area contributed by atoms with Gasteiger partial charge in [0.15, 0.2) is 17.5 Å². The maximum atomic E-state index is 13.7. The van der Waals surface area contributed by atoms with Gasteiger partial charge in [-0.15, -0.1) is 24.0 Å². The van der Waals surface area contributed by atoms with E-state index >= 15 is 0 Å². The lowest BCUT2D eigenvalue weighted by atomic mass is 10.1. The maximum absolute atomic E-state index is 13.7. The van der Waals surface area contributed by atoms with Gasteiger partial charge in [-0.05, 0) is 51.0 Å². The Morgan fingerprint density at radius 1 is 1.23 bits per heavy atom. The van der Waals surface area contributed by atoms with E-state index in [2.05, 4.69) is 31.6 Å². The molecule has 0 amide bonds. The quantitative estimate of drug-likeness (QED) is 0.326. The molecule has 1 aromatic carbocycles. The molecule has 164 valence electrons. The minimum absolute atomic E-state index is 0. The highest BCUT2D eigenvalue weighted by molar-refractivity contribution is 14.0. The number of hydrogen-bond acceptors (Lipinski definition) is 4. The van der Waals surface area contributed by atoms with Crippen LogP contribution >= 0.6 is 24.0 Å². The molecule has 1 unspecified atom stereocenters. The first-order chi connectivity index (χ1) is 14.2. The van der Waals surface area contributed by atoms with Gasteiger partial charge in [0.05, 0.1) is 6.54 Å². The molecule has 0 spiro atoms. The summed E-state index contributed by atoms with van der Waals surface area (Å²) in [6.07, 6.45) is 3.64. The fourth-order valence-corrected chi connectivity index (χ4v) is 3.32. The molecule has 0 radical (unpaired) electrons. The first-order valence-corrected chi connectivity index (χ1v) is 10.3. The Morgan fingerprint density at radius 3 is 2.63 bits per heavy atom. The van der Waals surface area contributed by atoms with E-state index in [1.807, 2.05) is 32.2 Å². The summed E-state index contributed by atoms with van der Waals surface area (Å²) in [6.45, 7) is 7.07. The molecule has 3 rings (SSSR count). The molecule has 1 aliphatic heterocycles. The molecule has 8 heteroatoms. The van der Waals surface area contributed by atoms with Crippen LogP contribution < -0.4 is 20.3 Å². The zero-order valence-corrected chi connectivity index (χ0v) is 19.9. The van der Waals surface area contributed by atoms with Crippen LogP contribution in [0.2, 0.25) is 0 Å². The summed E-state index contributed by atoms with van der Waals surface area (Å²) in [6, 6.07) is 12.8. The minimum Gasteiger partial charge on any atom is -0.486 e. The molecule has 1 atom stereocenters. The third-order valence-electron chi connectivity index (χ3n) is 4.82. The fraction of sp³-hybridized carbons (Fsp3) is 0.455. The van der Waals surface area contributed by atoms with Gasteiger partial charge in [0.2, 0.25) is 0 Å². The standard InChI is InChI=1S/C22H30FN5O.HI/c1-3-24-22(26-16-17(2)29-20-9-5-4-8-19(20)23)27-18-11-14-28(15-12-18)21-10-6-7-13-25-21;/h4-10,13,17-18H,3,11-12,14-16H2,1-2H3,(H2,24,26,27);1H. The van der Waals surface area contributed by atoms with Crippen molar-refractivity contribution in [2.75, 3.05) is 31.1 Å². The summed E-state index contributed by atoms with van der Waals surface area (Å²) in [7, 11) is 0. The van der Waals surface area contributed by atoms with Crippen LogP contribution in [0, 0.1) is 5.82 Å². The molecule has 1 aliphatic rings. The van der Waals surface area contributed by atoms with Gasteiger partial charge in [0, 0.05) is 31.9 Å². The van der Waals surface area contributed by atoms with Crippen molar-refractivity contribution < 1.29 is 9.13 Å². The van der Waals surface area contributed by atoms with Gasteiger partial charge in [-0.2, -0.15) is 0 Å². The second kappa shape index (κ2) is 12.6. The van der Waals surface area contributed by atoms with Crippen molar-refractivity contribution in [3.05, 3.63) is 54.5 Å². The van der Waals surface area contributed by atoms with Gasteiger partial charge < -0.3 is 20.3 Å². The van der Waals surface area contributed by atoms with Gasteiger partial charge in [0.25, 0.3) is 0 Å². The summed E-state index contributed by atoms with van der Waals surface area (Å²) < 4.78 is 19.4. The predicted octanol–water partition coefficient (Wildman–Crippen LogP) is 3.83. The molecule has 1 saturated heterocycles. The van der Waals surface area contributed by atoms with Crippen LogP contribution in [0.15, 0.2) is 53.7 Å². The lowest BCUT2D eigenvalue weighted by molar-refractivity contribution is 0.220. The number of halogens is 2. The van der Waals surface area contributed by atoms with Crippen LogP contribution in [0.1, 0.15) is 26.7 Å². The number of aromatic nitrogens is 1. The number of pyridine rings is 1. The van der Waals surface area contributed by atoms with Gasteiger partial charge >= 0.3 is 0 Å². The van der Waals surface area contributed by atoms with Crippen molar-refractivity contribution in [3.8, 4) is 5.75 Å². The van der Waals surface area contributed by atoms with Crippen LogP contribution in [0.4, 0.5) is 10.2 Å². The Bertz CT molecular complexity index is 784. The van der Waals surface area contributed by atoms with Crippen molar-refractivity contribution >= 4 is 35.8 Å². The SMILES string of the molecule is CCNC(=NCC(C)Oc1ccccc1F)NC1CCN(c2ccccn2)CC1.I. The average Bonchev–Trinajstić information content (AvgIpc) is 2.75. The zero-order chi connectivity index (χ0) is 20.5. The molecule has 6 nitrogen and oxygen atoms in total. The number of ether oxygens (including phenoxy) is 1. The smallest absolute Gasteiger partial charge is 0.191 e. The van der Waals surface area contributed by atoms with Gasteiger partial charge in [-0.3, -0.25) is 0 Å². The van der Waals surface area contributed by atoms with E-state index in [1.165, 1.54) is 6.07 Å². The highest BCUT2D eigenvalue weighted by Gasteiger charge is 2.21. The molecule has 2 N–H and O–H groups in total. The first-order valence-electron chi connectivity index (χ1n) is 10.3. The number of benzene rings is 1. The monoisotopic (exact) mass is 527 g/mol. The van der Waals surface area contributed by atoms with E-state index in [9.17, 15) is 4.39 Å². The molecular weight excluding hydrogens is 496 g/mol. The van der Waals surface area contributed by atoms with E-state index in [0.717, 1.165) is 44.3 Å². The van der Waals surface area contributed by atoms with E-state index in [-0.39, 0.29) is 41.6 Å². The van der Waals surface area contributed by atoms with Gasteiger partial charge in [-0.25, -0.2) is 14.4 Å². The average molecular weight is 527 g/mol. The van der Waals surface area contributed by atoms with Gasteiger partial charge in [-0.1, -0.05) is 18.2 Å². The molecule has 1 fully saturated rings. The highest BCUT2D eigenvalue weighted by Crippen LogP contribution is 2.18. The van der Waals surface area contributed by atoms with Crippen LogP contribution in [0.25, 0.3) is 0 Å². The summed E-state index contributed by atoms with van der Waals surface area (Å²) >= 11 is 0. The van der Waals surface area contributed by atoms with E-state index < -0.39 is 0 Å². The second-order valence-electron chi connectivity index (χ2n) is 7.17. The first kappa shape index (κ1) is 24.2. The van der Waals surface area contributed by atoms with Crippen LogP contribution in [0.3, 0.4) is 0 Å². The number of rotatable bonds is 7. The van der Waals surface area contributed by atoms with Crippen molar-refractivity contribution in [2.24, 2.45) is 4.99 Å². The minimum atomic E-state index is -0.354. The number of para-hydroxylation sites is 1. The molecule has 0 bridgehead atoms. The number of aliphatic imine (C=N–C) groups is 1. The highest BCUT2D eigenvalue weighted by atomic mass is 127. The largest absolute Gasteiger partial charge is 0.486 e. The Kier molecular flexibility index (Phi) is 10.1. The Labute approximate surface area is 195 Å². The summed E-state index contributed by atoms with van der Waals surface area (Å²) in [4.78, 5) is 11.4. The van der Waals surface area contributed by atoms with Crippen molar-refractivity contribution in [1.29, 1.82) is 0 Å². The van der Waals surface area contributed by atoms with E-state index in [0.29, 0.717) is 12.6 Å². The molecule has 1 aromatic heterocycles. The maximum Gasteiger partial charge on any atom is 0.191 e. The molecule has 0 aliphatic carbocycles. The molecular formula is C22H31FIN5O. The Hall–Kier alpha value is -2.10. The normalized spacial score (nSPS) is 15.8. The number of guanidine groups is 1. The lowest BCUT2D eigenvalue weighted by Gasteiger charge is -2.33. The van der Waals surface area contributed by atoms with Gasteiger partial charge in [0.1, 0.15) is 11.9 Å². The molecule has 2 heterocycles. The number of hydrogen-bond donors (Lipinski definition) is 2. The summed E-state index contributed by atoms with van der Waals surface area (Å²) in [5, 5.41) is 6.81. The third kappa shape index (κ3) is 7.30.